The molecule has 6 heteroatoms. The van der Waals surface area contributed by atoms with E-state index in [-0.39, 0.29) is 18.4 Å². The number of unbranched alkanes of at least 4 members (excludes halogenated alkanes) is 1. The van der Waals surface area contributed by atoms with E-state index in [1.165, 1.54) is 6.42 Å². The van der Waals surface area contributed by atoms with Crippen LogP contribution in [0.3, 0.4) is 0 Å². The summed E-state index contributed by atoms with van der Waals surface area (Å²) in [6, 6.07) is 14.8. The first-order valence-electron chi connectivity index (χ1n) is 10.8. The highest BCUT2D eigenvalue weighted by Gasteiger charge is 2.18. The van der Waals surface area contributed by atoms with E-state index in [2.05, 4.69) is 17.6 Å². The standard InChI is InChI=1S/C24H31N3O3/c1-2-3-16-30-22-13-6-5-12-21(22)25-18-23(28)26-20-11-9-10-19(17-20)24(29)27-14-7-4-8-15-27/h5-6,9-13,17,25H,2-4,7-8,14-16,18H2,1H3,(H,26,28). The van der Waals surface area contributed by atoms with Crippen LogP contribution < -0.4 is 15.4 Å². The molecule has 0 atom stereocenters. The number of amides is 2. The monoisotopic (exact) mass is 409 g/mol. The zero-order chi connectivity index (χ0) is 21.2. The summed E-state index contributed by atoms with van der Waals surface area (Å²) in [5.74, 6) is 0.593. The van der Waals surface area contributed by atoms with Crippen molar-refractivity contribution in [2.75, 3.05) is 36.9 Å². The normalized spacial score (nSPS) is 13.6. The van der Waals surface area contributed by atoms with Crippen LogP contribution in [0.4, 0.5) is 11.4 Å². The van der Waals surface area contributed by atoms with E-state index in [4.69, 9.17) is 4.74 Å². The lowest BCUT2D eigenvalue weighted by Crippen LogP contribution is -2.35. The first kappa shape index (κ1) is 21.7. The smallest absolute Gasteiger partial charge is 0.253 e. The van der Waals surface area contributed by atoms with E-state index in [1.54, 1.807) is 24.3 Å². The molecular formula is C24H31N3O3. The van der Waals surface area contributed by atoms with Crippen molar-refractivity contribution < 1.29 is 14.3 Å². The molecule has 3 rings (SSSR count). The number of hydrogen-bond donors (Lipinski definition) is 2. The molecule has 1 heterocycles. The number of likely N-dealkylation sites (tertiary alicyclic amines) is 1. The van der Waals surface area contributed by atoms with Crippen LogP contribution >= 0.6 is 0 Å². The Kier molecular flexibility index (Phi) is 8.12. The van der Waals surface area contributed by atoms with Crippen LogP contribution in [0.15, 0.2) is 48.5 Å². The van der Waals surface area contributed by atoms with Crippen molar-refractivity contribution in [3.05, 3.63) is 54.1 Å². The second-order valence-electron chi connectivity index (χ2n) is 7.53. The van der Waals surface area contributed by atoms with Gasteiger partial charge in [-0.25, -0.2) is 0 Å². The van der Waals surface area contributed by atoms with Crippen LogP contribution in [0.2, 0.25) is 0 Å². The molecular weight excluding hydrogens is 378 g/mol. The predicted molar refractivity (Wildman–Crippen MR) is 120 cm³/mol. The Morgan fingerprint density at radius 1 is 1.03 bits per heavy atom. The van der Waals surface area contributed by atoms with Crippen molar-refractivity contribution in [2.45, 2.75) is 39.0 Å². The van der Waals surface area contributed by atoms with E-state index in [1.807, 2.05) is 29.2 Å². The van der Waals surface area contributed by atoms with Gasteiger partial charge >= 0.3 is 0 Å². The van der Waals surface area contributed by atoms with Gasteiger partial charge in [-0.3, -0.25) is 9.59 Å². The summed E-state index contributed by atoms with van der Waals surface area (Å²) < 4.78 is 5.79. The van der Waals surface area contributed by atoms with E-state index < -0.39 is 0 Å². The average Bonchev–Trinajstić information content (AvgIpc) is 2.79. The average molecular weight is 410 g/mol. The third-order valence-corrected chi connectivity index (χ3v) is 5.12. The minimum atomic E-state index is -0.180. The van der Waals surface area contributed by atoms with Crippen LogP contribution in [0.5, 0.6) is 5.75 Å². The van der Waals surface area contributed by atoms with Gasteiger partial charge in [-0.2, -0.15) is 0 Å². The van der Waals surface area contributed by atoms with Gasteiger partial charge in [0.15, 0.2) is 0 Å². The molecule has 0 aliphatic carbocycles. The fourth-order valence-electron chi connectivity index (χ4n) is 3.46. The molecule has 1 fully saturated rings. The molecule has 2 aromatic carbocycles. The third-order valence-electron chi connectivity index (χ3n) is 5.12. The van der Waals surface area contributed by atoms with Gasteiger partial charge in [-0.15, -0.1) is 0 Å². The zero-order valence-electron chi connectivity index (χ0n) is 17.7. The van der Waals surface area contributed by atoms with Crippen LogP contribution in [0, 0.1) is 0 Å². The van der Waals surface area contributed by atoms with Gasteiger partial charge in [0.05, 0.1) is 18.8 Å². The first-order chi connectivity index (χ1) is 14.7. The number of carbonyl (C=O) groups is 2. The lowest BCUT2D eigenvalue weighted by molar-refractivity contribution is -0.114. The second-order valence-corrected chi connectivity index (χ2v) is 7.53. The molecule has 0 bridgehead atoms. The molecule has 2 amide bonds. The molecule has 0 radical (unpaired) electrons. The minimum absolute atomic E-state index is 0.0297. The highest BCUT2D eigenvalue weighted by Crippen LogP contribution is 2.24. The summed E-state index contributed by atoms with van der Waals surface area (Å²) in [6.07, 6.45) is 5.34. The lowest BCUT2D eigenvalue weighted by atomic mass is 10.1. The highest BCUT2D eigenvalue weighted by atomic mass is 16.5. The minimum Gasteiger partial charge on any atom is -0.491 e. The third kappa shape index (κ3) is 6.24. The quantitative estimate of drug-likeness (QED) is 0.597. The number of ether oxygens (including phenoxy) is 1. The van der Waals surface area contributed by atoms with Crippen molar-refractivity contribution in [3.63, 3.8) is 0 Å². The number of para-hydroxylation sites is 2. The molecule has 6 nitrogen and oxygen atoms in total. The van der Waals surface area contributed by atoms with Crippen LogP contribution in [-0.4, -0.2) is 43.0 Å². The number of carbonyl (C=O) groups excluding carboxylic acids is 2. The largest absolute Gasteiger partial charge is 0.491 e. The van der Waals surface area contributed by atoms with Crippen LogP contribution in [-0.2, 0) is 4.79 Å². The number of hydrogen-bond acceptors (Lipinski definition) is 4. The SMILES string of the molecule is CCCCOc1ccccc1NCC(=O)Nc1cccc(C(=O)N2CCCCC2)c1. The molecule has 2 N–H and O–H groups in total. The first-order valence-corrected chi connectivity index (χ1v) is 10.8. The summed E-state index contributed by atoms with van der Waals surface area (Å²) in [7, 11) is 0. The number of nitrogens with zero attached hydrogens (tertiary/aromatic N) is 1. The Bertz CT molecular complexity index is 847. The van der Waals surface area contributed by atoms with Gasteiger partial charge in [0.1, 0.15) is 5.75 Å². The molecule has 0 spiro atoms. The van der Waals surface area contributed by atoms with Gasteiger partial charge in [-0.05, 0) is 56.0 Å². The van der Waals surface area contributed by atoms with E-state index in [9.17, 15) is 9.59 Å². The Labute approximate surface area is 178 Å². The maximum Gasteiger partial charge on any atom is 0.253 e. The number of anilines is 2. The highest BCUT2D eigenvalue weighted by molar-refractivity contribution is 5.98. The zero-order valence-corrected chi connectivity index (χ0v) is 17.7. The molecule has 30 heavy (non-hydrogen) atoms. The Morgan fingerprint density at radius 3 is 2.63 bits per heavy atom. The number of rotatable bonds is 9. The molecule has 1 aliphatic rings. The second kappa shape index (κ2) is 11.2. The fourth-order valence-corrected chi connectivity index (χ4v) is 3.46. The van der Waals surface area contributed by atoms with Crippen molar-refractivity contribution in [3.8, 4) is 5.75 Å². The Balaban J connectivity index is 1.55. The molecule has 0 unspecified atom stereocenters. The topological polar surface area (TPSA) is 70.7 Å². The van der Waals surface area contributed by atoms with E-state index in [0.717, 1.165) is 50.2 Å². The van der Waals surface area contributed by atoms with E-state index >= 15 is 0 Å². The van der Waals surface area contributed by atoms with Gasteiger partial charge in [0, 0.05) is 24.3 Å². The summed E-state index contributed by atoms with van der Waals surface area (Å²) in [4.78, 5) is 27.0. The number of benzene rings is 2. The van der Waals surface area contributed by atoms with Crippen LogP contribution in [0.25, 0.3) is 0 Å². The molecule has 0 aromatic heterocycles. The van der Waals surface area contributed by atoms with Gasteiger partial charge in [0.2, 0.25) is 5.91 Å². The summed E-state index contributed by atoms with van der Waals surface area (Å²) in [5, 5.41) is 6.01. The molecule has 160 valence electrons. The Morgan fingerprint density at radius 2 is 1.83 bits per heavy atom. The predicted octanol–water partition coefficient (Wildman–Crippen LogP) is 4.54. The number of nitrogens with one attached hydrogen (secondary N) is 2. The van der Waals surface area contributed by atoms with Crippen LogP contribution in [0.1, 0.15) is 49.4 Å². The Hall–Kier alpha value is -3.02. The fraction of sp³-hybridized carbons (Fsp3) is 0.417. The molecule has 1 aliphatic heterocycles. The van der Waals surface area contributed by atoms with Crippen molar-refractivity contribution in [1.82, 2.24) is 4.90 Å². The van der Waals surface area contributed by atoms with Gasteiger partial charge in [0.25, 0.3) is 5.91 Å². The molecule has 2 aromatic rings. The van der Waals surface area contributed by atoms with Gasteiger partial charge < -0.3 is 20.3 Å². The molecule has 1 saturated heterocycles. The van der Waals surface area contributed by atoms with Crippen molar-refractivity contribution in [2.24, 2.45) is 0 Å². The lowest BCUT2D eigenvalue weighted by Gasteiger charge is -2.26. The number of piperidine rings is 1. The summed E-state index contributed by atoms with van der Waals surface area (Å²) in [6.45, 7) is 4.49. The van der Waals surface area contributed by atoms with Crippen molar-refractivity contribution >= 4 is 23.2 Å². The maximum atomic E-state index is 12.7. The molecule has 0 saturated carbocycles. The van der Waals surface area contributed by atoms with E-state index in [0.29, 0.717) is 17.9 Å². The maximum absolute atomic E-state index is 12.7. The summed E-state index contributed by atoms with van der Waals surface area (Å²) in [5.41, 5.74) is 2.02. The van der Waals surface area contributed by atoms with Gasteiger partial charge in [-0.1, -0.05) is 31.5 Å². The van der Waals surface area contributed by atoms with Crippen molar-refractivity contribution in [1.29, 1.82) is 0 Å². The summed E-state index contributed by atoms with van der Waals surface area (Å²) >= 11 is 0.